The van der Waals surface area contributed by atoms with Crippen LogP contribution in [0.3, 0.4) is 0 Å². The summed E-state index contributed by atoms with van der Waals surface area (Å²) >= 11 is 0. The van der Waals surface area contributed by atoms with E-state index in [-0.39, 0.29) is 12.3 Å². The number of carbonyl (C=O) groups excluding carboxylic acids is 1. The summed E-state index contributed by atoms with van der Waals surface area (Å²) in [5.74, 6) is -0.341. The van der Waals surface area contributed by atoms with Crippen LogP contribution in [-0.4, -0.2) is 5.91 Å². The van der Waals surface area contributed by atoms with Crippen molar-refractivity contribution in [2.75, 3.05) is 0 Å². The lowest BCUT2D eigenvalue weighted by Gasteiger charge is -1.91. The molecule has 0 radical (unpaired) electrons. The van der Waals surface area contributed by atoms with Gasteiger partial charge < -0.3 is 10.2 Å². The maximum absolute atomic E-state index is 10.7. The lowest BCUT2D eigenvalue weighted by Crippen LogP contribution is -2.13. The van der Waals surface area contributed by atoms with Crippen LogP contribution in [0.25, 0.3) is 11.0 Å². The lowest BCUT2D eigenvalue weighted by molar-refractivity contribution is -0.117. The molecule has 2 rings (SSSR count). The predicted octanol–water partition coefficient (Wildman–Crippen LogP) is 3.51. The molecule has 0 aliphatic carbocycles. The van der Waals surface area contributed by atoms with Gasteiger partial charge in [-0.25, -0.2) is 0 Å². The Bertz CT molecular complexity index is 446. The van der Waals surface area contributed by atoms with E-state index in [0.717, 1.165) is 16.5 Å². The normalized spacial score (nSPS) is 8.71. The monoisotopic (exact) mass is 235 g/mol. The molecular formula is C14H21NO2. The Morgan fingerprint density at radius 1 is 1.18 bits per heavy atom. The van der Waals surface area contributed by atoms with E-state index in [4.69, 9.17) is 10.2 Å². The van der Waals surface area contributed by atoms with Gasteiger partial charge in [0, 0.05) is 10.9 Å². The molecule has 0 atom stereocenters. The summed E-state index contributed by atoms with van der Waals surface area (Å²) in [6.07, 6.45) is 1.81. The van der Waals surface area contributed by atoms with Crippen LogP contribution < -0.4 is 5.73 Å². The van der Waals surface area contributed by atoms with Crippen molar-refractivity contribution in [1.29, 1.82) is 0 Å². The van der Waals surface area contributed by atoms with E-state index in [2.05, 4.69) is 0 Å². The van der Waals surface area contributed by atoms with Crippen LogP contribution in [0.1, 0.15) is 33.3 Å². The average Bonchev–Trinajstić information content (AvgIpc) is 2.77. The summed E-state index contributed by atoms with van der Waals surface area (Å²) in [6.45, 7) is 8.00. The standard InChI is InChI=1S/C10H9NO2.2C2H6/c11-10(12)5-7-6-13-9-4-2-1-3-8(7)9;2*1-2/h1-4,6H,5H2,(H2,11,12);2*1-2H3. The number of rotatable bonds is 2. The number of benzene rings is 1. The third-order valence-corrected chi connectivity index (χ3v) is 1.93. The molecule has 0 unspecified atom stereocenters. The van der Waals surface area contributed by atoms with Gasteiger partial charge in [0.05, 0.1) is 12.7 Å². The molecule has 0 aliphatic heterocycles. The highest BCUT2D eigenvalue weighted by atomic mass is 16.3. The smallest absolute Gasteiger partial charge is 0.221 e. The molecule has 2 N–H and O–H groups in total. The molecule has 1 aromatic carbocycles. The highest BCUT2D eigenvalue weighted by molar-refractivity contribution is 5.86. The first-order valence-corrected chi connectivity index (χ1v) is 6.01. The van der Waals surface area contributed by atoms with E-state index >= 15 is 0 Å². The lowest BCUT2D eigenvalue weighted by atomic mass is 10.1. The van der Waals surface area contributed by atoms with Gasteiger partial charge in [0.25, 0.3) is 0 Å². The zero-order valence-electron chi connectivity index (χ0n) is 11.0. The summed E-state index contributed by atoms with van der Waals surface area (Å²) in [5, 5.41) is 0.960. The minimum Gasteiger partial charge on any atom is -0.464 e. The van der Waals surface area contributed by atoms with Crippen molar-refractivity contribution in [2.24, 2.45) is 5.73 Å². The van der Waals surface area contributed by atoms with E-state index in [1.165, 1.54) is 0 Å². The van der Waals surface area contributed by atoms with Crippen molar-refractivity contribution in [1.82, 2.24) is 0 Å². The maximum Gasteiger partial charge on any atom is 0.221 e. The zero-order chi connectivity index (χ0) is 13.3. The Hall–Kier alpha value is -1.77. The predicted molar refractivity (Wildman–Crippen MR) is 71.8 cm³/mol. The van der Waals surface area contributed by atoms with E-state index in [0.29, 0.717) is 0 Å². The Labute approximate surface area is 103 Å². The molecule has 0 aliphatic rings. The van der Waals surface area contributed by atoms with Crippen LogP contribution in [0.5, 0.6) is 0 Å². The summed E-state index contributed by atoms with van der Waals surface area (Å²) in [4.78, 5) is 10.7. The van der Waals surface area contributed by atoms with Crippen LogP contribution in [0.15, 0.2) is 34.9 Å². The SMILES string of the molecule is CC.CC.NC(=O)Cc1coc2ccccc12. The first-order chi connectivity index (χ1) is 8.27. The summed E-state index contributed by atoms with van der Waals surface area (Å²) in [7, 11) is 0. The second-order valence-electron chi connectivity index (χ2n) is 2.90. The fourth-order valence-electron chi connectivity index (χ4n) is 1.36. The van der Waals surface area contributed by atoms with Crippen molar-refractivity contribution in [3.63, 3.8) is 0 Å². The number of nitrogens with two attached hydrogens (primary N) is 1. The largest absolute Gasteiger partial charge is 0.464 e. The molecule has 3 heteroatoms. The average molecular weight is 235 g/mol. The topological polar surface area (TPSA) is 56.2 Å². The number of hydrogen-bond acceptors (Lipinski definition) is 2. The first kappa shape index (κ1) is 15.2. The maximum atomic E-state index is 10.7. The minimum absolute atomic E-state index is 0.233. The fourth-order valence-corrected chi connectivity index (χ4v) is 1.36. The van der Waals surface area contributed by atoms with Gasteiger partial charge in [-0.1, -0.05) is 45.9 Å². The number of carbonyl (C=O) groups is 1. The van der Waals surface area contributed by atoms with Crippen LogP contribution in [0.2, 0.25) is 0 Å². The van der Waals surface area contributed by atoms with Gasteiger partial charge in [0.2, 0.25) is 5.91 Å². The molecule has 1 heterocycles. The van der Waals surface area contributed by atoms with Crippen molar-refractivity contribution >= 4 is 16.9 Å². The van der Waals surface area contributed by atoms with Crippen molar-refractivity contribution < 1.29 is 9.21 Å². The molecular weight excluding hydrogens is 214 g/mol. The van der Waals surface area contributed by atoms with Crippen molar-refractivity contribution in [2.45, 2.75) is 34.1 Å². The van der Waals surface area contributed by atoms with Crippen LogP contribution >= 0.6 is 0 Å². The van der Waals surface area contributed by atoms with Gasteiger partial charge in [-0.3, -0.25) is 4.79 Å². The van der Waals surface area contributed by atoms with Gasteiger partial charge in [0.15, 0.2) is 0 Å². The number of hydrogen-bond donors (Lipinski definition) is 1. The number of amides is 1. The molecule has 1 amide bonds. The van der Waals surface area contributed by atoms with Gasteiger partial charge in [-0.05, 0) is 6.07 Å². The zero-order valence-corrected chi connectivity index (χ0v) is 11.0. The summed E-state index contributed by atoms with van der Waals surface area (Å²) < 4.78 is 5.24. The van der Waals surface area contributed by atoms with Crippen LogP contribution in [0, 0.1) is 0 Å². The Kier molecular flexibility index (Phi) is 7.52. The quantitative estimate of drug-likeness (QED) is 0.865. The van der Waals surface area contributed by atoms with E-state index in [1.54, 1.807) is 6.26 Å². The Morgan fingerprint density at radius 3 is 2.35 bits per heavy atom. The van der Waals surface area contributed by atoms with Crippen LogP contribution in [-0.2, 0) is 11.2 Å². The highest BCUT2D eigenvalue weighted by Crippen LogP contribution is 2.20. The molecule has 3 nitrogen and oxygen atoms in total. The highest BCUT2D eigenvalue weighted by Gasteiger charge is 2.06. The van der Waals surface area contributed by atoms with Gasteiger partial charge in [-0.2, -0.15) is 0 Å². The first-order valence-electron chi connectivity index (χ1n) is 6.01. The van der Waals surface area contributed by atoms with E-state index < -0.39 is 0 Å². The third kappa shape index (κ3) is 4.31. The third-order valence-electron chi connectivity index (χ3n) is 1.93. The number of para-hydroxylation sites is 1. The van der Waals surface area contributed by atoms with Gasteiger partial charge in [0.1, 0.15) is 5.58 Å². The molecule has 17 heavy (non-hydrogen) atoms. The second kappa shape index (κ2) is 8.39. The molecule has 0 saturated heterocycles. The molecule has 0 saturated carbocycles. The van der Waals surface area contributed by atoms with Gasteiger partial charge >= 0.3 is 0 Å². The van der Waals surface area contributed by atoms with E-state index in [9.17, 15) is 4.79 Å². The van der Waals surface area contributed by atoms with E-state index in [1.807, 2.05) is 52.0 Å². The second-order valence-corrected chi connectivity index (χ2v) is 2.90. The van der Waals surface area contributed by atoms with Gasteiger partial charge in [-0.15, -0.1) is 0 Å². The van der Waals surface area contributed by atoms with Crippen molar-refractivity contribution in [3.8, 4) is 0 Å². The van der Waals surface area contributed by atoms with Crippen molar-refractivity contribution in [3.05, 3.63) is 36.1 Å². The fraction of sp³-hybridized carbons (Fsp3) is 0.357. The molecule has 94 valence electrons. The minimum atomic E-state index is -0.341. The number of primary amides is 1. The molecule has 0 spiro atoms. The number of fused-ring (bicyclic) bond motifs is 1. The van der Waals surface area contributed by atoms with Crippen LogP contribution in [0.4, 0.5) is 0 Å². The molecule has 1 aromatic heterocycles. The molecule has 0 bridgehead atoms. The molecule has 2 aromatic rings. The Morgan fingerprint density at radius 2 is 1.76 bits per heavy atom. The summed E-state index contributed by atoms with van der Waals surface area (Å²) in [5.41, 5.74) is 6.73. The Balaban J connectivity index is 0.000000581. The number of furan rings is 1. The molecule has 0 fully saturated rings. The summed E-state index contributed by atoms with van der Waals surface area (Å²) in [6, 6.07) is 7.57.